The molecule has 0 saturated carbocycles. The zero-order valence-electron chi connectivity index (χ0n) is 6.58. The molecule has 4 heteroatoms. The molecule has 0 aromatic heterocycles. The lowest BCUT2D eigenvalue weighted by molar-refractivity contribution is 0.272. The summed E-state index contributed by atoms with van der Waals surface area (Å²) in [6.07, 6.45) is 0.711. The van der Waals surface area contributed by atoms with Crippen LogP contribution in [0.5, 0.6) is 0 Å². The molecule has 1 N–H and O–H groups in total. The fourth-order valence-electron chi connectivity index (χ4n) is 0.751. The van der Waals surface area contributed by atoms with E-state index in [2.05, 4.69) is 0 Å². The molecule has 0 aromatic carbocycles. The predicted octanol–water partition coefficient (Wildman–Crippen LogP) is 1.06. The van der Waals surface area contributed by atoms with Gasteiger partial charge in [-0.25, -0.2) is 0 Å². The average Bonchev–Trinajstić information content (AvgIpc) is 1.89. The van der Waals surface area contributed by atoms with Crippen molar-refractivity contribution >= 4 is 7.95 Å². The standard InChI is InChI=1S/C6H15NO2P/c1-3-7(10(2)9)5-4-6-8/h8H,3-6H2,1-2H3/q+1. The molecule has 0 radical (unpaired) electrons. The fourth-order valence-corrected chi connectivity index (χ4v) is 1.57. The Morgan fingerprint density at radius 1 is 1.60 bits per heavy atom. The molecule has 10 heavy (non-hydrogen) atoms. The molecule has 0 aliphatic rings. The van der Waals surface area contributed by atoms with Crippen molar-refractivity contribution in [1.29, 1.82) is 0 Å². The number of hydrogen-bond donors (Lipinski definition) is 1. The lowest BCUT2D eigenvalue weighted by Gasteiger charge is -2.04. The van der Waals surface area contributed by atoms with Crippen LogP contribution < -0.4 is 0 Å². The monoisotopic (exact) mass is 164 g/mol. The van der Waals surface area contributed by atoms with Crippen molar-refractivity contribution in [2.75, 3.05) is 26.4 Å². The van der Waals surface area contributed by atoms with Crippen LogP contribution in [-0.4, -0.2) is 36.1 Å². The second kappa shape index (κ2) is 5.78. The zero-order chi connectivity index (χ0) is 7.98. The highest BCUT2D eigenvalue weighted by atomic mass is 31.1. The molecule has 0 rings (SSSR count). The van der Waals surface area contributed by atoms with Gasteiger partial charge in [-0.2, -0.15) is 0 Å². The van der Waals surface area contributed by atoms with Gasteiger partial charge < -0.3 is 5.11 Å². The first kappa shape index (κ1) is 10.0. The molecule has 60 valence electrons. The highest BCUT2D eigenvalue weighted by Crippen LogP contribution is 2.20. The van der Waals surface area contributed by atoms with E-state index in [1.54, 1.807) is 6.66 Å². The number of nitrogens with zero attached hydrogens (tertiary/aromatic N) is 1. The van der Waals surface area contributed by atoms with Crippen LogP contribution in [0.1, 0.15) is 13.3 Å². The van der Waals surface area contributed by atoms with Gasteiger partial charge in [0, 0.05) is 19.7 Å². The third-order valence-electron chi connectivity index (χ3n) is 1.34. The van der Waals surface area contributed by atoms with Crippen molar-refractivity contribution in [2.24, 2.45) is 0 Å². The maximum Gasteiger partial charge on any atom is 0.431 e. The van der Waals surface area contributed by atoms with E-state index in [-0.39, 0.29) is 6.61 Å². The molecule has 3 nitrogen and oxygen atoms in total. The Hall–Kier alpha value is 0.0200. The van der Waals surface area contributed by atoms with Gasteiger partial charge in [-0.05, 0) is 13.3 Å². The van der Waals surface area contributed by atoms with Gasteiger partial charge in [-0.15, -0.1) is 0 Å². The van der Waals surface area contributed by atoms with Crippen LogP contribution in [0.15, 0.2) is 0 Å². The second-order valence-electron chi connectivity index (χ2n) is 2.09. The topological polar surface area (TPSA) is 40.5 Å². The Labute approximate surface area is 62.9 Å². The molecule has 1 unspecified atom stereocenters. The number of aliphatic hydroxyl groups excluding tert-OH is 1. The second-order valence-corrected chi connectivity index (χ2v) is 3.58. The molecule has 0 fully saturated rings. The minimum absolute atomic E-state index is 0.180. The van der Waals surface area contributed by atoms with Gasteiger partial charge in [-0.3, -0.25) is 0 Å². The van der Waals surface area contributed by atoms with E-state index in [0.717, 1.165) is 13.1 Å². The van der Waals surface area contributed by atoms with E-state index in [1.165, 1.54) is 0 Å². The van der Waals surface area contributed by atoms with Crippen LogP contribution in [0.4, 0.5) is 0 Å². The Morgan fingerprint density at radius 2 is 2.20 bits per heavy atom. The maximum absolute atomic E-state index is 10.9. The molecule has 0 amide bonds. The SMILES string of the molecule is CCN(CCCO)[P+](C)=O. The van der Waals surface area contributed by atoms with E-state index in [9.17, 15) is 4.57 Å². The third kappa shape index (κ3) is 3.94. The van der Waals surface area contributed by atoms with E-state index in [0.29, 0.717) is 6.42 Å². The molecule has 0 aromatic rings. The number of hydrogen-bond acceptors (Lipinski definition) is 2. The van der Waals surface area contributed by atoms with Crippen molar-refractivity contribution in [1.82, 2.24) is 4.67 Å². The van der Waals surface area contributed by atoms with Crippen LogP contribution in [0.3, 0.4) is 0 Å². The first-order valence-corrected chi connectivity index (χ1v) is 5.15. The Kier molecular flexibility index (Phi) is 5.79. The summed E-state index contributed by atoms with van der Waals surface area (Å²) in [5.41, 5.74) is 0. The summed E-state index contributed by atoms with van der Waals surface area (Å²) in [5.74, 6) is 0. The Bertz CT molecular complexity index is 108. The summed E-state index contributed by atoms with van der Waals surface area (Å²) in [5, 5.41) is 8.47. The quantitative estimate of drug-likeness (QED) is 0.618. The first-order valence-electron chi connectivity index (χ1n) is 3.49. The summed E-state index contributed by atoms with van der Waals surface area (Å²) < 4.78 is 12.7. The van der Waals surface area contributed by atoms with E-state index in [1.807, 2.05) is 11.6 Å². The van der Waals surface area contributed by atoms with Gasteiger partial charge in [0.15, 0.2) is 6.66 Å². The largest absolute Gasteiger partial charge is 0.431 e. The van der Waals surface area contributed by atoms with Crippen LogP contribution in [0.25, 0.3) is 0 Å². The first-order chi connectivity index (χ1) is 4.72. The summed E-state index contributed by atoms with van der Waals surface area (Å²) in [6.45, 7) is 5.37. The third-order valence-corrected chi connectivity index (χ3v) is 2.62. The van der Waals surface area contributed by atoms with Crippen LogP contribution in [-0.2, 0) is 4.57 Å². The average molecular weight is 164 g/mol. The zero-order valence-corrected chi connectivity index (χ0v) is 7.47. The van der Waals surface area contributed by atoms with Crippen molar-refractivity contribution in [3.8, 4) is 0 Å². The number of aliphatic hydroxyl groups is 1. The predicted molar refractivity (Wildman–Crippen MR) is 42.5 cm³/mol. The minimum atomic E-state index is -1.20. The molecule has 0 spiro atoms. The van der Waals surface area contributed by atoms with Gasteiger partial charge in [0.1, 0.15) is 0 Å². The smallest absolute Gasteiger partial charge is 0.396 e. The highest BCUT2D eigenvalue weighted by Gasteiger charge is 2.17. The summed E-state index contributed by atoms with van der Waals surface area (Å²) in [6, 6.07) is 0. The fraction of sp³-hybridized carbons (Fsp3) is 1.00. The van der Waals surface area contributed by atoms with Crippen LogP contribution in [0, 0.1) is 0 Å². The maximum atomic E-state index is 10.9. The Morgan fingerprint density at radius 3 is 2.50 bits per heavy atom. The lowest BCUT2D eigenvalue weighted by atomic mass is 10.4. The summed E-state index contributed by atoms with van der Waals surface area (Å²) >= 11 is 0. The molecular formula is C6H15NO2P+. The van der Waals surface area contributed by atoms with Crippen LogP contribution in [0.2, 0.25) is 0 Å². The van der Waals surface area contributed by atoms with E-state index < -0.39 is 7.95 Å². The molecule has 0 saturated heterocycles. The molecule has 1 atom stereocenters. The van der Waals surface area contributed by atoms with Gasteiger partial charge in [0.25, 0.3) is 0 Å². The molecule has 0 aliphatic heterocycles. The van der Waals surface area contributed by atoms with Crippen molar-refractivity contribution in [3.63, 3.8) is 0 Å². The lowest BCUT2D eigenvalue weighted by Crippen LogP contribution is -2.16. The van der Waals surface area contributed by atoms with Gasteiger partial charge in [0.05, 0.1) is 0 Å². The normalized spacial score (nSPS) is 12.2. The molecule has 0 heterocycles. The number of rotatable bonds is 5. The Balaban J connectivity index is 3.50. The van der Waals surface area contributed by atoms with Crippen molar-refractivity contribution in [3.05, 3.63) is 0 Å². The van der Waals surface area contributed by atoms with Gasteiger partial charge >= 0.3 is 7.95 Å². The van der Waals surface area contributed by atoms with Crippen molar-refractivity contribution in [2.45, 2.75) is 13.3 Å². The highest BCUT2D eigenvalue weighted by molar-refractivity contribution is 7.41. The van der Waals surface area contributed by atoms with E-state index in [4.69, 9.17) is 5.11 Å². The molecule has 0 bridgehead atoms. The summed E-state index contributed by atoms with van der Waals surface area (Å²) in [4.78, 5) is 0. The van der Waals surface area contributed by atoms with Crippen molar-refractivity contribution < 1.29 is 9.67 Å². The minimum Gasteiger partial charge on any atom is -0.396 e. The molecule has 0 aliphatic carbocycles. The van der Waals surface area contributed by atoms with Gasteiger partial charge in [0.2, 0.25) is 0 Å². The molecular weight excluding hydrogens is 149 g/mol. The summed E-state index contributed by atoms with van der Waals surface area (Å²) in [7, 11) is -1.20. The van der Waals surface area contributed by atoms with Gasteiger partial charge in [-0.1, -0.05) is 9.24 Å². The van der Waals surface area contributed by atoms with Crippen LogP contribution >= 0.6 is 7.95 Å². The van der Waals surface area contributed by atoms with E-state index >= 15 is 0 Å².